The average molecular weight is 378 g/mol. The SMILES string of the molecule is CN1CC[C@@H](NS(=O)(=O)NC(=O)Nc2c3c(cc4c2CCC4)CCC3)C1. The molecule has 1 atom stereocenters. The Balaban J connectivity index is 1.47. The fraction of sp³-hybridized carbons (Fsp3) is 0.611. The summed E-state index contributed by atoms with van der Waals surface area (Å²) in [6, 6.07) is 1.44. The van der Waals surface area contributed by atoms with Gasteiger partial charge in [0.1, 0.15) is 0 Å². The van der Waals surface area contributed by atoms with Gasteiger partial charge in [-0.25, -0.2) is 9.52 Å². The largest absolute Gasteiger partial charge is 0.333 e. The Bertz CT molecular complexity index is 805. The Hall–Kier alpha value is -1.64. The van der Waals surface area contributed by atoms with Gasteiger partial charge in [0.15, 0.2) is 0 Å². The van der Waals surface area contributed by atoms with Gasteiger partial charge in [-0.05, 0) is 80.8 Å². The van der Waals surface area contributed by atoms with Crippen LogP contribution in [-0.4, -0.2) is 45.5 Å². The number of benzene rings is 1. The molecule has 2 amide bonds. The highest BCUT2D eigenvalue weighted by atomic mass is 32.2. The first kappa shape index (κ1) is 17.8. The van der Waals surface area contributed by atoms with Crippen LogP contribution < -0.4 is 14.8 Å². The molecule has 4 rings (SSSR count). The summed E-state index contributed by atoms with van der Waals surface area (Å²) in [6.45, 7) is 1.50. The number of amides is 2. The first-order valence-electron chi connectivity index (χ1n) is 9.37. The molecule has 1 heterocycles. The van der Waals surface area contributed by atoms with Crippen LogP contribution in [-0.2, 0) is 35.9 Å². The monoisotopic (exact) mass is 378 g/mol. The zero-order chi connectivity index (χ0) is 18.3. The van der Waals surface area contributed by atoms with E-state index in [-0.39, 0.29) is 6.04 Å². The van der Waals surface area contributed by atoms with E-state index in [0.717, 1.165) is 57.2 Å². The summed E-state index contributed by atoms with van der Waals surface area (Å²) in [5, 5.41) is 2.85. The molecule has 7 nitrogen and oxygen atoms in total. The van der Waals surface area contributed by atoms with E-state index in [2.05, 4.69) is 25.7 Å². The molecule has 8 heteroatoms. The number of fused-ring (bicyclic) bond motifs is 2. The highest BCUT2D eigenvalue weighted by molar-refractivity contribution is 7.88. The summed E-state index contributed by atoms with van der Waals surface area (Å²) in [4.78, 5) is 14.5. The number of nitrogens with one attached hydrogen (secondary N) is 3. The minimum atomic E-state index is -3.87. The van der Waals surface area contributed by atoms with Gasteiger partial charge < -0.3 is 10.2 Å². The maximum absolute atomic E-state index is 12.4. The van der Waals surface area contributed by atoms with Crippen molar-refractivity contribution < 1.29 is 13.2 Å². The van der Waals surface area contributed by atoms with Crippen LogP contribution in [0.5, 0.6) is 0 Å². The van der Waals surface area contributed by atoms with E-state index < -0.39 is 16.2 Å². The molecule has 2 aliphatic carbocycles. The number of hydrogen-bond acceptors (Lipinski definition) is 4. The number of anilines is 1. The summed E-state index contributed by atoms with van der Waals surface area (Å²) in [7, 11) is -1.93. The molecule has 0 aromatic heterocycles. The number of rotatable bonds is 4. The first-order chi connectivity index (χ1) is 12.4. The van der Waals surface area contributed by atoms with Crippen LogP contribution in [0.15, 0.2) is 6.07 Å². The minimum Gasteiger partial charge on any atom is -0.307 e. The molecule has 0 saturated carbocycles. The molecule has 1 saturated heterocycles. The lowest BCUT2D eigenvalue weighted by molar-refractivity contribution is 0.256. The third-order valence-electron chi connectivity index (χ3n) is 5.65. The summed E-state index contributed by atoms with van der Waals surface area (Å²) in [5.74, 6) is 0. The lowest BCUT2D eigenvalue weighted by atomic mass is 9.99. The molecule has 1 aromatic rings. The molecule has 0 radical (unpaired) electrons. The number of carbonyl (C=O) groups excluding carboxylic acids is 1. The molecular formula is C18H26N4O3S. The molecule has 142 valence electrons. The molecule has 1 aromatic carbocycles. The van der Waals surface area contributed by atoms with Crippen LogP contribution in [0.1, 0.15) is 41.5 Å². The number of aryl methyl sites for hydroxylation is 2. The van der Waals surface area contributed by atoms with Crippen molar-refractivity contribution in [2.75, 3.05) is 25.5 Å². The third-order valence-corrected chi connectivity index (χ3v) is 6.75. The molecule has 26 heavy (non-hydrogen) atoms. The van der Waals surface area contributed by atoms with E-state index in [1.807, 2.05) is 7.05 Å². The van der Waals surface area contributed by atoms with Crippen LogP contribution in [0.25, 0.3) is 0 Å². The van der Waals surface area contributed by atoms with Crippen molar-refractivity contribution in [3.8, 4) is 0 Å². The minimum absolute atomic E-state index is 0.157. The van der Waals surface area contributed by atoms with Gasteiger partial charge in [-0.2, -0.15) is 13.1 Å². The van der Waals surface area contributed by atoms with Gasteiger partial charge in [-0.1, -0.05) is 6.07 Å². The maximum atomic E-state index is 12.4. The average Bonchev–Trinajstić information content (AvgIpc) is 3.26. The molecular weight excluding hydrogens is 352 g/mol. The van der Waals surface area contributed by atoms with Crippen molar-refractivity contribution in [2.45, 2.75) is 51.0 Å². The van der Waals surface area contributed by atoms with Crippen LogP contribution >= 0.6 is 0 Å². The second kappa shape index (κ2) is 6.83. The highest BCUT2D eigenvalue weighted by Gasteiger charge is 2.28. The lowest BCUT2D eigenvalue weighted by Gasteiger charge is -2.18. The molecule has 3 N–H and O–H groups in total. The molecule has 0 spiro atoms. The van der Waals surface area contributed by atoms with Crippen molar-refractivity contribution in [1.29, 1.82) is 0 Å². The zero-order valence-electron chi connectivity index (χ0n) is 15.1. The Morgan fingerprint density at radius 1 is 1.12 bits per heavy atom. The van der Waals surface area contributed by atoms with Gasteiger partial charge in [0, 0.05) is 18.3 Å². The van der Waals surface area contributed by atoms with Crippen LogP contribution in [0.2, 0.25) is 0 Å². The molecule has 0 bridgehead atoms. The number of likely N-dealkylation sites (tertiary alicyclic amines) is 1. The van der Waals surface area contributed by atoms with Gasteiger partial charge in [0.25, 0.3) is 0 Å². The lowest BCUT2D eigenvalue weighted by Crippen LogP contribution is -2.47. The van der Waals surface area contributed by atoms with E-state index in [1.54, 1.807) is 0 Å². The first-order valence-corrected chi connectivity index (χ1v) is 10.9. The summed E-state index contributed by atoms with van der Waals surface area (Å²) >= 11 is 0. The van der Waals surface area contributed by atoms with E-state index in [4.69, 9.17) is 0 Å². The number of urea groups is 1. The second-order valence-electron chi connectivity index (χ2n) is 7.66. The molecule has 3 aliphatic rings. The summed E-state index contributed by atoms with van der Waals surface area (Å²) < 4.78 is 29.2. The zero-order valence-corrected chi connectivity index (χ0v) is 15.9. The van der Waals surface area contributed by atoms with E-state index in [0.29, 0.717) is 6.54 Å². The summed E-state index contributed by atoms with van der Waals surface area (Å²) in [5.41, 5.74) is 5.82. The quantitative estimate of drug-likeness (QED) is 0.737. The fourth-order valence-electron chi connectivity index (χ4n) is 4.51. The number of carbonyl (C=O) groups is 1. The van der Waals surface area contributed by atoms with Crippen molar-refractivity contribution in [3.63, 3.8) is 0 Å². The predicted octanol–water partition coefficient (Wildman–Crippen LogP) is 1.32. The molecule has 0 unspecified atom stereocenters. The van der Waals surface area contributed by atoms with Crippen molar-refractivity contribution in [3.05, 3.63) is 28.3 Å². The predicted molar refractivity (Wildman–Crippen MR) is 101 cm³/mol. The van der Waals surface area contributed by atoms with E-state index in [9.17, 15) is 13.2 Å². The Morgan fingerprint density at radius 2 is 1.77 bits per heavy atom. The molecule has 1 aliphatic heterocycles. The third kappa shape index (κ3) is 3.58. The van der Waals surface area contributed by atoms with Gasteiger partial charge in [0.2, 0.25) is 0 Å². The highest BCUT2D eigenvalue weighted by Crippen LogP contribution is 2.38. The Morgan fingerprint density at radius 3 is 2.35 bits per heavy atom. The Labute approximate surface area is 154 Å². The maximum Gasteiger partial charge on any atom is 0.333 e. The normalized spacial score (nSPS) is 22.3. The van der Waals surface area contributed by atoms with E-state index in [1.165, 1.54) is 22.3 Å². The van der Waals surface area contributed by atoms with Crippen LogP contribution in [0, 0.1) is 0 Å². The number of nitrogens with zero attached hydrogens (tertiary/aromatic N) is 1. The van der Waals surface area contributed by atoms with E-state index >= 15 is 0 Å². The van der Waals surface area contributed by atoms with Crippen LogP contribution in [0.3, 0.4) is 0 Å². The van der Waals surface area contributed by atoms with Crippen molar-refractivity contribution in [1.82, 2.24) is 14.3 Å². The number of hydrogen-bond donors (Lipinski definition) is 3. The Kier molecular flexibility index (Phi) is 4.66. The number of likely N-dealkylation sites (N-methyl/N-ethyl adjacent to an activating group) is 1. The second-order valence-corrected chi connectivity index (χ2v) is 9.11. The smallest absolute Gasteiger partial charge is 0.307 e. The standard InChI is InChI=1S/C18H26N4O3S/c1-22-9-8-14(11-22)20-26(24,25)21-18(23)19-17-15-6-2-4-12(15)10-13-5-3-7-16(13)17/h10,14,20H,2-9,11H2,1H3,(H2,19,21,23)/t14-/m1/s1. The van der Waals surface area contributed by atoms with Crippen molar-refractivity contribution >= 4 is 21.9 Å². The fourth-order valence-corrected chi connectivity index (χ4v) is 5.49. The van der Waals surface area contributed by atoms with Crippen LogP contribution in [0.4, 0.5) is 10.5 Å². The topological polar surface area (TPSA) is 90.5 Å². The van der Waals surface area contributed by atoms with Gasteiger partial charge >= 0.3 is 16.2 Å². The van der Waals surface area contributed by atoms with Gasteiger partial charge in [-0.15, -0.1) is 0 Å². The summed E-state index contributed by atoms with van der Waals surface area (Å²) in [6.07, 6.45) is 6.88. The van der Waals surface area contributed by atoms with Gasteiger partial charge in [0.05, 0.1) is 0 Å². The van der Waals surface area contributed by atoms with Crippen molar-refractivity contribution in [2.24, 2.45) is 0 Å². The molecule has 1 fully saturated rings. The van der Waals surface area contributed by atoms with Gasteiger partial charge in [-0.3, -0.25) is 0 Å².